The zero-order valence-corrected chi connectivity index (χ0v) is 15.8. The molecule has 0 bridgehead atoms. The molecule has 0 unspecified atom stereocenters. The van der Waals surface area contributed by atoms with E-state index in [0.29, 0.717) is 23.5 Å². The Hall–Kier alpha value is -2.64. The molecule has 2 heterocycles. The van der Waals surface area contributed by atoms with Gasteiger partial charge in [0.2, 0.25) is 0 Å². The van der Waals surface area contributed by atoms with Gasteiger partial charge in [-0.1, -0.05) is 17.7 Å². The lowest BCUT2D eigenvalue weighted by atomic mass is 10.0. The highest BCUT2D eigenvalue weighted by Crippen LogP contribution is 2.39. The number of pyridine rings is 1. The van der Waals surface area contributed by atoms with Crippen LogP contribution in [0.3, 0.4) is 0 Å². The molecule has 1 aromatic heterocycles. The summed E-state index contributed by atoms with van der Waals surface area (Å²) in [5, 5.41) is 0.849. The molecule has 1 atom stereocenters. The van der Waals surface area contributed by atoms with Crippen LogP contribution in [0.1, 0.15) is 16.8 Å². The minimum Gasteiger partial charge on any atom is -0.486 e. The monoisotopic (exact) mass is 385 g/mol. The summed E-state index contributed by atoms with van der Waals surface area (Å²) in [6, 6.07) is 12.4. The summed E-state index contributed by atoms with van der Waals surface area (Å²) in [5.41, 5.74) is 3.13. The first-order valence-corrected chi connectivity index (χ1v) is 10.0. The fraction of sp³-hybridized carbons (Fsp3) is 0.250. The second-order valence-corrected chi connectivity index (χ2v) is 8.14. The summed E-state index contributed by atoms with van der Waals surface area (Å²) in [5.74, 6) is 1.25. The zero-order chi connectivity index (χ0) is 19.2. The zero-order valence-electron chi connectivity index (χ0n) is 15.0. The molecule has 27 heavy (non-hydrogen) atoms. The van der Waals surface area contributed by atoms with Gasteiger partial charge in [0.05, 0.1) is 10.4 Å². The summed E-state index contributed by atoms with van der Waals surface area (Å²) < 4.78 is 44.9. The number of benzene rings is 2. The number of fused-ring (bicyclic) bond motifs is 3. The molecule has 1 aliphatic heterocycles. The van der Waals surface area contributed by atoms with Crippen LogP contribution < -0.4 is 9.47 Å². The molecule has 0 saturated heterocycles. The first-order chi connectivity index (χ1) is 12.8. The topological polar surface area (TPSA) is 85.7 Å². The predicted molar refractivity (Wildman–Crippen MR) is 101 cm³/mol. The quantitative estimate of drug-likeness (QED) is 0.695. The van der Waals surface area contributed by atoms with Crippen LogP contribution in [0.2, 0.25) is 0 Å². The summed E-state index contributed by atoms with van der Waals surface area (Å²) in [7, 11) is -4.31. The number of aryl methyl sites for hydroxylation is 2. The van der Waals surface area contributed by atoms with Gasteiger partial charge in [-0.25, -0.2) is 0 Å². The molecular formula is C20H19NO5S. The molecule has 2 aromatic carbocycles. The Balaban J connectivity index is 1.69. The van der Waals surface area contributed by atoms with E-state index in [9.17, 15) is 13.0 Å². The van der Waals surface area contributed by atoms with Crippen molar-refractivity contribution in [1.29, 1.82) is 0 Å². The fourth-order valence-corrected chi connectivity index (χ4v) is 4.06. The lowest BCUT2D eigenvalue weighted by Crippen LogP contribution is -2.31. The van der Waals surface area contributed by atoms with E-state index in [0.717, 1.165) is 22.2 Å². The summed E-state index contributed by atoms with van der Waals surface area (Å²) in [6.45, 7) is 4.08. The molecular weight excluding hydrogens is 366 g/mol. The Labute approximate surface area is 157 Å². The maximum Gasteiger partial charge on any atom is 0.294 e. The third-order valence-corrected chi connectivity index (χ3v) is 5.53. The van der Waals surface area contributed by atoms with Crippen molar-refractivity contribution >= 4 is 21.0 Å². The average molecular weight is 385 g/mol. The highest BCUT2D eigenvalue weighted by atomic mass is 32.2. The minimum atomic E-state index is -4.31. The second-order valence-electron chi connectivity index (χ2n) is 6.75. The predicted octanol–water partition coefficient (Wildman–Crippen LogP) is 3.48. The minimum absolute atomic E-state index is 0.0993. The van der Waals surface area contributed by atoms with Crippen LogP contribution >= 0.6 is 0 Å². The van der Waals surface area contributed by atoms with Gasteiger partial charge in [-0.2, -0.15) is 8.42 Å². The maximum absolute atomic E-state index is 11.7. The second kappa shape index (κ2) is 6.51. The third-order valence-electron chi connectivity index (χ3n) is 4.58. The van der Waals surface area contributed by atoms with Crippen molar-refractivity contribution in [2.24, 2.45) is 0 Å². The largest absolute Gasteiger partial charge is 0.486 e. The van der Waals surface area contributed by atoms with Crippen molar-refractivity contribution in [3.05, 3.63) is 59.3 Å². The Kier molecular flexibility index (Phi) is 4.28. The van der Waals surface area contributed by atoms with Crippen LogP contribution in [-0.4, -0.2) is 30.7 Å². The van der Waals surface area contributed by atoms with E-state index in [1.54, 1.807) is 12.1 Å². The molecule has 1 aliphatic rings. The van der Waals surface area contributed by atoms with Crippen LogP contribution in [0, 0.1) is 13.8 Å². The van der Waals surface area contributed by atoms with E-state index in [1.807, 2.05) is 38.1 Å². The molecule has 4 rings (SSSR count). The van der Waals surface area contributed by atoms with Gasteiger partial charge in [-0.3, -0.25) is 9.54 Å². The van der Waals surface area contributed by atoms with Gasteiger partial charge in [-0.05, 0) is 49.7 Å². The number of hydrogen-bond donors (Lipinski definition) is 1. The van der Waals surface area contributed by atoms with Crippen LogP contribution in [-0.2, 0) is 16.5 Å². The number of aromatic nitrogens is 1. The normalized spacial score (nSPS) is 16.5. The van der Waals surface area contributed by atoms with Gasteiger partial charge >= 0.3 is 0 Å². The molecule has 0 fully saturated rings. The van der Waals surface area contributed by atoms with Crippen molar-refractivity contribution in [2.75, 3.05) is 6.61 Å². The van der Waals surface area contributed by atoms with E-state index < -0.39 is 10.1 Å². The summed E-state index contributed by atoms with van der Waals surface area (Å²) >= 11 is 0. The van der Waals surface area contributed by atoms with E-state index in [1.165, 1.54) is 6.07 Å². The van der Waals surface area contributed by atoms with Gasteiger partial charge in [0.1, 0.15) is 12.7 Å². The SMILES string of the molecule is Cc1ccc(S(=O)(=O)O)c(C[C@@H]2COc3ccc4nc(C)ccc4c3O2)c1. The van der Waals surface area contributed by atoms with Gasteiger partial charge in [0, 0.05) is 17.5 Å². The van der Waals surface area contributed by atoms with Crippen molar-refractivity contribution in [3.63, 3.8) is 0 Å². The first kappa shape index (κ1) is 17.8. The molecule has 140 valence electrons. The van der Waals surface area contributed by atoms with Crippen molar-refractivity contribution in [2.45, 2.75) is 31.3 Å². The van der Waals surface area contributed by atoms with Crippen molar-refractivity contribution in [1.82, 2.24) is 4.98 Å². The van der Waals surface area contributed by atoms with Gasteiger partial charge < -0.3 is 9.47 Å². The molecule has 0 aliphatic carbocycles. The van der Waals surface area contributed by atoms with Crippen molar-refractivity contribution in [3.8, 4) is 11.5 Å². The molecule has 6 nitrogen and oxygen atoms in total. The van der Waals surface area contributed by atoms with Crippen LogP contribution in [0.4, 0.5) is 0 Å². The third kappa shape index (κ3) is 3.48. The van der Waals surface area contributed by atoms with Gasteiger partial charge in [0.15, 0.2) is 11.5 Å². The number of rotatable bonds is 3. The summed E-state index contributed by atoms with van der Waals surface area (Å²) in [4.78, 5) is 4.40. The van der Waals surface area contributed by atoms with Crippen molar-refractivity contribution < 1.29 is 22.4 Å². The number of hydrogen-bond acceptors (Lipinski definition) is 5. The Morgan fingerprint density at radius 2 is 1.96 bits per heavy atom. The highest BCUT2D eigenvalue weighted by Gasteiger charge is 2.26. The van der Waals surface area contributed by atoms with E-state index in [-0.39, 0.29) is 17.6 Å². The highest BCUT2D eigenvalue weighted by molar-refractivity contribution is 7.85. The van der Waals surface area contributed by atoms with E-state index >= 15 is 0 Å². The van der Waals surface area contributed by atoms with Crippen LogP contribution in [0.5, 0.6) is 11.5 Å². The first-order valence-electron chi connectivity index (χ1n) is 8.58. The number of ether oxygens (including phenoxy) is 2. The maximum atomic E-state index is 11.7. The van der Waals surface area contributed by atoms with E-state index in [4.69, 9.17) is 9.47 Å². The smallest absolute Gasteiger partial charge is 0.294 e. The molecule has 7 heteroatoms. The van der Waals surface area contributed by atoms with Gasteiger partial charge in [-0.15, -0.1) is 0 Å². The lowest BCUT2D eigenvalue weighted by molar-refractivity contribution is 0.0929. The molecule has 0 radical (unpaired) electrons. The Bertz CT molecular complexity index is 1140. The molecule has 3 aromatic rings. The Morgan fingerprint density at radius 1 is 1.15 bits per heavy atom. The van der Waals surface area contributed by atoms with Gasteiger partial charge in [0.25, 0.3) is 10.1 Å². The van der Waals surface area contributed by atoms with E-state index in [2.05, 4.69) is 4.98 Å². The Morgan fingerprint density at radius 3 is 2.74 bits per heavy atom. The molecule has 0 spiro atoms. The standard InChI is InChI=1S/C20H19NO5S/c1-12-3-8-19(27(22,23)24)14(9-12)10-15-11-25-18-7-6-17-16(20(18)26-15)5-4-13(2)21-17/h3-9,15H,10-11H2,1-2H3,(H,22,23,24)/t15-/m1/s1. The lowest BCUT2D eigenvalue weighted by Gasteiger charge is -2.28. The molecule has 0 amide bonds. The van der Waals surface area contributed by atoms with Crippen LogP contribution in [0.25, 0.3) is 10.9 Å². The summed E-state index contributed by atoms with van der Waals surface area (Å²) in [6.07, 6.45) is -0.0851. The average Bonchev–Trinajstić information content (AvgIpc) is 2.60. The molecule has 0 saturated carbocycles. The molecule has 1 N–H and O–H groups in total. The number of nitrogens with zero attached hydrogens (tertiary/aromatic N) is 1. The van der Waals surface area contributed by atoms with Crippen LogP contribution in [0.15, 0.2) is 47.4 Å². The fourth-order valence-electron chi connectivity index (χ4n) is 3.34.